The summed E-state index contributed by atoms with van der Waals surface area (Å²) in [6, 6.07) is 10.3. The van der Waals surface area contributed by atoms with Crippen LogP contribution in [-0.4, -0.2) is 27.2 Å². The van der Waals surface area contributed by atoms with Crippen LogP contribution in [0.15, 0.2) is 35.7 Å². The zero-order valence-corrected chi connectivity index (χ0v) is 14.7. The smallest absolute Gasteiger partial charge is 0.139 e. The molecule has 0 radical (unpaired) electrons. The van der Waals surface area contributed by atoms with Gasteiger partial charge in [0.05, 0.1) is 17.5 Å². The number of hydrogen-bond donors (Lipinski definition) is 2. The van der Waals surface area contributed by atoms with Crippen molar-refractivity contribution in [3.8, 4) is 11.1 Å². The molecule has 1 saturated carbocycles. The fourth-order valence-electron chi connectivity index (χ4n) is 2.76. The summed E-state index contributed by atoms with van der Waals surface area (Å²) in [5.74, 6) is 2.26. The van der Waals surface area contributed by atoms with Gasteiger partial charge in [0.25, 0.3) is 0 Å². The Balaban J connectivity index is 1.90. The number of thiophene rings is 1. The first-order chi connectivity index (χ1) is 11.6. The first kappa shape index (κ1) is 15.5. The minimum absolute atomic E-state index is 0.0437. The second kappa shape index (κ2) is 5.83. The lowest BCUT2D eigenvalue weighted by Crippen LogP contribution is -2.35. The van der Waals surface area contributed by atoms with E-state index in [1.54, 1.807) is 11.3 Å². The SMILES string of the molecule is CC(C)(CO)Nc1nc(C2CC2)nc2scc(-c3ccccc3)c12. The third kappa shape index (κ3) is 2.89. The van der Waals surface area contributed by atoms with E-state index in [-0.39, 0.29) is 6.61 Å². The second-order valence-electron chi connectivity index (χ2n) is 7.07. The molecule has 2 N–H and O–H groups in total. The van der Waals surface area contributed by atoms with E-state index in [2.05, 4.69) is 22.8 Å². The van der Waals surface area contributed by atoms with Crippen molar-refractivity contribution in [3.05, 3.63) is 41.5 Å². The van der Waals surface area contributed by atoms with Gasteiger partial charge in [0, 0.05) is 16.9 Å². The zero-order valence-electron chi connectivity index (χ0n) is 13.9. The van der Waals surface area contributed by atoms with Crippen LogP contribution in [0.3, 0.4) is 0 Å². The fraction of sp³-hybridized carbons (Fsp3) is 0.368. The Labute approximate surface area is 145 Å². The van der Waals surface area contributed by atoms with Crippen molar-refractivity contribution in [2.24, 2.45) is 0 Å². The van der Waals surface area contributed by atoms with Crippen LogP contribution in [0.2, 0.25) is 0 Å². The summed E-state index contributed by atoms with van der Waals surface area (Å²) in [5.41, 5.74) is 1.88. The zero-order chi connectivity index (χ0) is 16.7. The molecule has 4 rings (SSSR count). The van der Waals surface area contributed by atoms with E-state index in [0.717, 1.165) is 33.0 Å². The number of hydrogen-bond acceptors (Lipinski definition) is 5. The summed E-state index contributed by atoms with van der Waals surface area (Å²) in [7, 11) is 0. The minimum atomic E-state index is -0.433. The quantitative estimate of drug-likeness (QED) is 0.722. The molecule has 1 aromatic carbocycles. The van der Waals surface area contributed by atoms with Gasteiger partial charge in [-0.05, 0) is 32.3 Å². The van der Waals surface area contributed by atoms with E-state index in [1.165, 1.54) is 12.8 Å². The van der Waals surface area contributed by atoms with Crippen molar-refractivity contribution >= 4 is 27.4 Å². The molecular weight excluding hydrogens is 318 g/mol. The predicted octanol–water partition coefficient (Wildman–Crippen LogP) is 4.42. The first-order valence-corrected chi connectivity index (χ1v) is 9.19. The number of benzene rings is 1. The largest absolute Gasteiger partial charge is 0.394 e. The number of fused-ring (bicyclic) bond motifs is 1. The van der Waals surface area contributed by atoms with Crippen LogP contribution in [0.5, 0.6) is 0 Å². The average molecular weight is 339 g/mol. The van der Waals surface area contributed by atoms with Gasteiger partial charge >= 0.3 is 0 Å². The number of anilines is 1. The van der Waals surface area contributed by atoms with Crippen LogP contribution in [0.1, 0.15) is 38.4 Å². The van der Waals surface area contributed by atoms with Gasteiger partial charge in [-0.3, -0.25) is 0 Å². The molecule has 0 saturated heterocycles. The van der Waals surface area contributed by atoms with E-state index in [1.807, 2.05) is 32.0 Å². The van der Waals surface area contributed by atoms with Crippen LogP contribution in [0.4, 0.5) is 5.82 Å². The Bertz CT molecular complexity index is 869. The Kier molecular flexibility index (Phi) is 3.77. The van der Waals surface area contributed by atoms with Crippen LogP contribution in [0.25, 0.3) is 21.3 Å². The average Bonchev–Trinajstić information content (AvgIpc) is 3.35. The maximum Gasteiger partial charge on any atom is 0.139 e. The van der Waals surface area contributed by atoms with Gasteiger partial charge in [0.2, 0.25) is 0 Å². The van der Waals surface area contributed by atoms with Crippen molar-refractivity contribution in [2.75, 3.05) is 11.9 Å². The number of aliphatic hydroxyl groups is 1. The predicted molar refractivity (Wildman–Crippen MR) is 99.6 cm³/mol. The lowest BCUT2D eigenvalue weighted by atomic mass is 10.0. The van der Waals surface area contributed by atoms with Crippen LogP contribution < -0.4 is 5.32 Å². The highest BCUT2D eigenvalue weighted by Gasteiger charge is 2.29. The van der Waals surface area contributed by atoms with Gasteiger partial charge in [0.15, 0.2) is 0 Å². The lowest BCUT2D eigenvalue weighted by molar-refractivity contribution is 0.234. The van der Waals surface area contributed by atoms with Gasteiger partial charge in [-0.25, -0.2) is 9.97 Å². The number of aliphatic hydroxyl groups excluding tert-OH is 1. The Morgan fingerprint density at radius 1 is 1.21 bits per heavy atom. The van der Waals surface area contributed by atoms with Gasteiger partial charge in [-0.1, -0.05) is 30.3 Å². The summed E-state index contributed by atoms with van der Waals surface area (Å²) in [6.07, 6.45) is 2.34. The topological polar surface area (TPSA) is 58.0 Å². The molecule has 0 aliphatic heterocycles. The van der Waals surface area contributed by atoms with Gasteiger partial charge in [-0.15, -0.1) is 11.3 Å². The molecule has 4 nitrogen and oxygen atoms in total. The molecule has 0 unspecified atom stereocenters. The molecule has 3 aromatic rings. The Morgan fingerprint density at radius 2 is 1.96 bits per heavy atom. The molecule has 1 fully saturated rings. The highest BCUT2D eigenvalue weighted by atomic mass is 32.1. The molecular formula is C19H21N3OS. The maximum absolute atomic E-state index is 9.65. The third-order valence-electron chi connectivity index (χ3n) is 4.33. The molecule has 5 heteroatoms. The van der Waals surface area contributed by atoms with Crippen molar-refractivity contribution in [1.29, 1.82) is 0 Å². The molecule has 0 atom stereocenters. The molecule has 1 aliphatic carbocycles. The van der Waals surface area contributed by atoms with Crippen LogP contribution in [0, 0.1) is 0 Å². The normalized spacial score (nSPS) is 15.0. The summed E-state index contributed by atoms with van der Waals surface area (Å²) in [6.45, 7) is 4.00. The van der Waals surface area contributed by atoms with E-state index in [4.69, 9.17) is 9.97 Å². The molecule has 1 aliphatic rings. The molecule has 0 bridgehead atoms. The fourth-order valence-corrected chi connectivity index (χ4v) is 3.72. The molecule has 0 spiro atoms. The molecule has 2 aromatic heterocycles. The standard InChI is InChI=1S/C19H21N3OS/c1-19(2,11-23)22-17-15-14(12-6-4-3-5-7-12)10-24-18(15)21-16(20-17)13-8-9-13/h3-7,10,13,23H,8-9,11H2,1-2H3,(H,20,21,22). The molecule has 124 valence electrons. The van der Waals surface area contributed by atoms with Gasteiger partial charge < -0.3 is 10.4 Å². The van der Waals surface area contributed by atoms with E-state index in [9.17, 15) is 5.11 Å². The van der Waals surface area contributed by atoms with Crippen molar-refractivity contribution < 1.29 is 5.11 Å². The number of aromatic nitrogens is 2. The van der Waals surface area contributed by atoms with Gasteiger partial charge in [0.1, 0.15) is 16.5 Å². The second-order valence-corrected chi connectivity index (χ2v) is 7.93. The summed E-state index contributed by atoms with van der Waals surface area (Å²) in [4.78, 5) is 10.6. The van der Waals surface area contributed by atoms with Crippen molar-refractivity contribution in [2.45, 2.75) is 38.1 Å². The summed E-state index contributed by atoms with van der Waals surface area (Å²) < 4.78 is 0. The monoisotopic (exact) mass is 339 g/mol. The molecule has 24 heavy (non-hydrogen) atoms. The number of rotatable bonds is 5. The summed E-state index contributed by atoms with van der Waals surface area (Å²) >= 11 is 1.66. The Morgan fingerprint density at radius 3 is 2.62 bits per heavy atom. The van der Waals surface area contributed by atoms with E-state index in [0.29, 0.717) is 5.92 Å². The lowest BCUT2D eigenvalue weighted by Gasteiger charge is -2.25. The summed E-state index contributed by atoms with van der Waals surface area (Å²) in [5, 5.41) is 16.3. The minimum Gasteiger partial charge on any atom is -0.394 e. The number of nitrogens with one attached hydrogen (secondary N) is 1. The first-order valence-electron chi connectivity index (χ1n) is 8.31. The van der Waals surface area contributed by atoms with E-state index >= 15 is 0 Å². The van der Waals surface area contributed by atoms with Crippen LogP contribution >= 0.6 is 11.3 Å². The Hall–Kier alpha value is -1.98. The maximum atomic E-state index is 9.65. The third-order valence-corrected chi connectivity index (χ3v) is 5.20. The van der Waals surface area contributed by atoms with Crippen molar-refractivity contribution in [3.63, 3.8) is 0 Å². The van der Waals surface area contributed by atoms with Gasteiger partial charge in [-0.2, -0.15) is 0 Å². The van der Waals surface area contributed by atoms with Crippen LogP contribution in [-0.2, 0) is 0 Å². The van der Waals surface area contributed by atoms with Crippen molar-refractivity contribution in [1.82, 2.24) is 9.97 Å². The molecule has 0 amide bonds. The van der Waals surface area contributed by atoms with E-state index < -0.39 is 5.54 Å². The molecule has 2 heterocycles. The highest BCUT2D eigenvalue weighted by Crippen LogP contribution is 2.43. The number of nitrogens with zero attached hydrogens (tertiary/aromatic N) is 2. The highest BCUT2D eigenvalue weighted by molar-refractivity contribution is 7.17.